The lowest BCUT2D eigenvalue weighted by molar-refractivity contribution is 0.607. The van der Waals surface area contributed by atoms with Crippen LogP contribution in [-0.4, -0.2) is 13.4 Å². The Labute approximate surface area is 250 Å². The van der Waals surface area contributed by atoms with Gasteiger partial charge in [0.2, 0.25) is 13.4 Å². The molecule has 0 saturated heterocycles. The van der Waals surface area contributed by atoms with E-state index in [1.807, 2.05) is 0 Å². The molecule has 5 aromatic carbocycles. The van der Waals surface area contributed by atoms with E-state index in [2.05, 4.69) is 110 Å². The summed E-state index contributed by atoms with van der Waals surface area (Å²) >= 11 is 0. The SMILES string of the molecule is CCCCCCCCc1cc2c3c(c1)N1c4cccc5c4B(c4ccccc4-5)c4cc(C)cc(c41)B3c1ccccc1-2. The molecule has 0 aliphatic carbocycles. The summed E-state index contributed by atoms with van der Waals surface area (Å²) in [4.78, 5) is 2.68. The van der Waals surface area contributed by atoms with Crippen LogP contribution in [0.15, 0.2) is 91.0 Å². The van der Waals surface area contributed by atoms with Crippen molar-refractivity contribution in [1.29, 1.82) is 0 Å². The minimum absolute atomic E-state index is 0.292. The van der Waals surface area contributed by atoms with E-state index < -0.39 is 0 Å². The largest absolute Gasteiger partial charge is 0.312 e. The zero-order valence-corrected chi connectivity index (χ0v) is 24.7. The maximum Gasteiger partial charge on any atom is 0.248 e. The van der Waals surface area contributed by atoms with Crippen LogP contribution in [0, 0.1) is 6.92 Å². The first kappa shape index (κ1) is 24.6. The molecule has 0 radical (unpaired) electrons. The lowest BCUT2D eigenvalue weighted by atomic mass is 9.32. The summed E-state index contributed by atoms with van der Waals surface area (Å²) in [5, 5.41) is 0. The van der Waals surface area contributed by atoms with Gasteiger partial charge in [-0.3, -0.25) is 0 Å². The highest BCUT2D eigenvalue weighted by Gasteiger charge is 2.49. The van der Waals surface area contributed by atoms with Crippen molar-refractivity contribution in [1.82, 2.24) is 0 Å². The van der Waals surface area contributed by atoms with Crippen molar-refractivity contribution in [2.75, 3.05) is 4.90 Å². The van der Waals surface area contributed by atoms with E-state index in [0.29, 0.717) is 13.4 Å². The highest BCUT2D eigenvalue weighted by atomic mass is 15.2. The van der Waals surface area contributed by atoms with Gasteiger partial charge < -0.3 is 4.90 Å². The number of unbranched alkanes of at least 4 members (excludes halogenated alkanes) is 5. The molecule has 4 heterocycles. The van der Waals surface area contributed by atoms with E-state index in [9.17, 15) is 0 Å². The zero-order chi connectivity index (χ0) is 27.9. The van der Waals surface area contributed by atoms with Gasteiger partial charge in [-0.15, -0.1) is 0 Å². The average Bonchev–Trinajstić information content (AvgIpc) is 3.53. The normalized spacial score (nSPS) is 14.0. The minimum Gasteiger partial charge on any atom is -0.312 e. The molecule has 0 saturated carbocycles. The maximum absolute atomic E-state index is 2.68. The Morgan fingerprint density at radius 3 is 1.90 bits per heavy atom. The topological polar surface area (TPSA) is 3.24 Å². The van der Waals surface area contributed by atoms with E-state index in [-0.39, 0.29) is 0 Å². The molecule has 0 fully saturated rings. The van der Waals surface area contributed by atoms with Crippen molar-refractivity contribution < 1.29 is 0 Å². The minimum atomic E-state index is 0.292. The number of benzene rings is 5. The van der Waals surface area contributed by atoms with Gasteiger partial charge in [0.05, 0.1) is 0 Å². The molecule has 0 atom stereocenters. The first-order valence-corrected chi connectivity index (χ1v) is 16.2. The van der Waals surface area contributed by atoms with Gasteiger partial charge in [0.25, 0.3) is 0 Å². The molecule has 0 unspecified atom stereocenters. The van der Waals surface area contributed by atoms with Gasteiger partial charge in [0, 0.05) is 17.1 Å². The van der Waals surface area contributed by atoms with Gasteiger partial charge in [-0.1, -0.05) is 134 Å². The lowest BCUT2D eigenvalue weighted by Gasteiger charge is -2.43. The van der Waals surface area contributed by atoms with E-state index in [1.165, 1.54) is 122 Å². The molecule has 4 aliphatic rings. The Bertz CT molecular complexity index is 1900. The average molecular weight is 539 g/mol. The van der Waals surface area contributed by atoms with Crippen molar-refractivity contribution in [2.45, 2.75) is 58.8 Å². The molecule has 42 heavy (non-hydrogen) atoms. The second-order valence-corrected chi connectivity index (χ2v) is 13.0. The third-order valence-corrected chi connectivity index (χ3v) is 10.5. The second-order valence-electron chi connectivity index (χ2n) is 13.0. The van der Waals surface area contributed by atoms with Gasteiger partial charge in [0.15, 0.2) is 0 Å². The van der Waals surface area contributed by atoms with Crippen molar-refractivity contribution in [2.24, 2.45) is 0 Å². The van der Waals surface area contributed by atoms with E-state index in [0.717, 1.165) is 6.42 Å². The monoisotopic (exact) mass is 539 g/mol. The Kier molecular flexibility index (Phi) is 5.43. The molecule has 1 nitrogen and oxygen atoms in total. The first-order chi connectivity index (χ1) is 20.7. The predicted molar refractivity (Wildman–Crippen MR) is 183 cm³/mol. The number of rotatable bonds is 7. The molecule has 5 aromatic rings. The third-order valence-electron chi connectivity index (χ3n) is 10.5. The Morgan fingerprint density at radius 1 is 0.548 bits per heavy atom. The number of anilines is 3. The van der Waals surface area contributed by atoms with Gasteiger partial charge >= 0.3 is 0 Å². The fourth-order valence-electron chi connectivity index (χ4n) is 8.80. The standard InChI is InChI=1S/C39H35B2N/c1-3-4-5-6-7-8-14-26-23-30-28-16-10-12-19-32(28)41-34-22-25(2)21-33-39(34)42(36(24-26)38(30)41)35-20-13-17-29-27-15-9-11-18-31(27)40(33)37(29)35/h9-13,15-24H,3-8,14H2,1-2H3. The van der Waals surface area contributed by atoms with Crippen LogP contribution in [0.2, 0.25) is 0 Å². The highest BCUT2D eigenvalue weighted by molar-refractivity contribution is 7.05. The molecule has 0 N–H and O–H groups in total. The molecule has 4 aliphatic heterocycles. The Hall–Kier alpha value is -3.97. The van der Waals surface area contributed by atoms with Crippen LogP contribution < -0.4 is 37.7 Å². The molecule has 3 heteroatoms. The Morgan fingerprint density at radius 2 is 1.17 bits per heavy atom. The fourth-order valence-corrected chi connectivity index (χ4v) is 8.80. The molecular weight excluding hydrogens is 504 g/mol. The molecule has 9 rings (SSSR count). The van der Waals surface area contributed by atoms with Crippen LogP contribution in [0.25, 0.3) is 22.3 Å². The second kappa shape index (κ2) is 9.27. The molecule has 0 bridgehead atoms. The molecule has 0 aromatic heterocycles. The van der Waals surface area contributed by atoms with Gasteiger partial charge in [-0.25, -0.2) is 0 Å². The van der Waals surface area contributed by atoms with Gasteiger partial charge in [0.1, 0.15) is 0 Å². The molecule has 0 amide bonds. The number of fused-ring (bicyclic) bond motifs is 10. The number of aryl methyl sites for hydroxylation is 2. The van der Waals surface area contributed by atoms with Crippen molar-refractivity contribution in [3.8, 4) is 22.3 Å². The van der Waals surface area contributed by atoms with Crippen LogP contribution in [0.1, 0.15) is 56.6 Å². The summed E-state index contributed by atoms with van der Waals surface area (Å²) in [6.45, 7) is 5.18. The summed E-state index contributed by atoms with van der Waals surface area (Å²) in [5.74, 6) is 0. The van der Waals surface area contributed by atoms with Crippen molar-refractivity contribution >= 4 is 63.3 Å². The summed E-state index contributed by atoms with van der Waals surface area (Å²) in [6.07, 6.45) is 9.15. The van der Waals surface area contributed by atoms with Gasteiger partial charge in [-0.05, 0) is 81.6 Å². The quantitative estimate of drug-likeness (QED) is 0.178. The highest BCUT2D eigenvalue weighted by Crippen LogP contribution is 2.44. The molecular formula is C39H35B2N. The first-order valence-electron chi connectivity index (χ1n) is 16.2. The predicted octanol–water partition coefficient (Wildman–Crippen LogP) is 5.99. The smallest absolute Gasteiger partial charge is 0.248 e. The summed E-state index contributed by atoms with van der Waals surface area (Å²) in [7, 11) is 0. The van der Waals surface area contributed by atoms with Gasteiger partial charge in [-0.2, -0.15) is 0 Å². The van der Waals surface area contributed by atoms with Crippen molar-refractivity contribution in [3.63, 3.8) is 0 Å². The zero-order valence-electron chi connectivity index (χ0n) is 24.7. The van der Waals surface area contributed by atoms with Crippen molar-refractivity contribution in [3.05, 3.63) is 102 Å². The summed E-state index contributed by atoms with van der Waals surface area (Å²) < 4.78 is 0. The molecule has 202 valence electrons. The number of hydrogen-bond donors (Lipinski definition) is 0. The Balaban J connectivity index is 1.28. The van der Waals surface area contributed by atoms with Crippen LogP contribution >= 0.6 is 0 Å². The van der Waals surface area contributed by atoms with Crippen LogP contribution in [0.4, 0.5) is 17.1 Å². The molecule has 0 spiro atoms. The van der Waals surface area contributed by atoms with E-state index in [4.69, 9.17) is 0 Å². The van der Waals surface area contributed by atoms with Crippen LogP contribution in [0.3, 0.4) is 0 Å². The van der Waals surface area contributed by atoms with Crippen LogP contribution in [-0.2, 0) is 6.42 Å². The van der Waals surface area contributed by atoms with E-state index in [1.54, 1.807) is 0 Å². The summed E-state index contributed by atoms with van der Waals surface area (Å²) in [6, 6.07) is 35.5. The summed E-state index contributed by atoms with van der Waals surface area (Å²) in [5.41, 5.74) is 21.7. The van der Waals surface area contributed by atoms with E-state index >= 15 is 0 Å². The third kappa shape index (κ3) is 3.28. The lowest BCUT2D eigenvalue weighted by Crippen LogP contribution is -2.63. The number of hydrogen-bond acceptors (Lipinski definition) is 1. The number of nitrogens with zero attached hydrogens (tertiary/aromatic N) is 1. The fraction of sp³-hybridized carbons (Fsp3) is 0.231. The van der Waals surface area contributed by atoms with Crippen LogP contribution in [0.5, 0.6) is 0 Å². The maximum atomic E-state index is 2.68.